The molecule has 0 saturated carbocycles. The molecule has 0 radical (unpaired) electrons. The Morgan fingerprint density at radius 2 is 1.92 bits per heavy atom. The summed E-state index contributed by atoms with van der Waals surface area (Å²) in [5, 5.41) is 7.61. The summed E-state index contributed by atoms with van der Waals surface area (Å²) in [5.74, 6) is 1.13. The van der Waals surface area contributed by atoms with Crippen molar-refractivity contribution in [2.75, 3.05) is 11.9 Å². The fourth-order valence-corrected chi connectivity index (χ4v) is 2.93. The molecule has 0 aliphatic heterocycles. The van der Waals surface area contributed by atoms with Crippen molar-refractivity contribution in [1.82, 2.24) is 19.6 Å². The zero-order chi connectivity index (χ0) is 17.9. The fourth-order valence-electron chi connectivity index (χ4n) is 2.93. The van der Waals surface area contributed by atoms with Gasteiger partial charge in [-0.25, -0.2) is 9.37 Å². The standard InChI is InChI=1S/C20H18FN5/c1-14-7-8-17(21)11-16(14)9-10-22-19-12-18(15-5-3-2-4-6-15)25-20-23-13-24-26(19)20/h2-8,11-13,22H,9-10H2,1H3. The molecule has 0 amide bonds. The molecule has 26 heavy (non-hydrogen) atoms. The summed E-state index contributed by atoms with van der Waals surface area (Å²) < 4.78 is 15.1. The molecule has 2 aromatic carbocycles. The first-order chi connectivity index (χ1) is 12.7. The molecule has 5 nitrogen and oxygen atoms in total. The second-order valence-electron chi connectivity index (χ2n) is 6.11. The summed E-state index contributed by atoms with van der Waals surface area (Å²) in [6.07, 6.45) is 2.20. The molecule has 6 heteroatoms. The Morgan fingerprint density at radius 3 is 2.77 bits per heavy atom. The van der Waals surface area contributed by atoms with Gasteiger partial charge in [-0.3, -0.25) is 0 Å². The number of halogens is 1. The first-order valence-corrected chi connectivity index (χ1v) is 8.46. The largest absolute Gasteiger partial charge is 0.370 e. The predicted molar refractivity (Wildman–Crippen MR) is 99.5 cm³/mol. The maximum Gasteiger partial charge on any atom is 0.254 e. The molecule has 2 heterocycles. The third kappa shape index (κ3) is 3.26. The zero-order valence-electron chi connectivity index (χ0n) is 14.4. The van der Waals surface area contributed by atoms with Crippen LogP contribution in [0.4, 0.5) is 10.2 Å². The molecule has 0 spiro atoms. The van der Waals surface area contributed by atoms with Crippen LogP contribution in [0.25, 0.3) is 17.0 Å². The van der Waals surface area contributed by atoms with Crippen molar-refractivity contribution < 1.29 is 4.39 Å². The highest BCUT2D eigenvalue weighted by atomic mass is 19.1. The van der Waals surface area contributed by atoms with Crippen LogP contribution in [0, 0.1) is 12.7 Å². The van der Waals surface area contributed by atoms with Crippen molar-refractivity contribution in [2.45, 2.75) is 13.3 Å². The average Bonchev–Trinajstić information content (AvgIpc) is 3.14. The average molecular weight is 347 g/mol. The van der Waals surface area contributed by atoms with Gasteiger partial charge in [0.2, 0.25) is 0 Å². The van der Waals surface area contributed by atoms with Crippen LogP contribution in [0.15, 0.2) is 60.9 Å². The topological polar surface area (TPSA) is 55.1 Å². The first kappa shape index (κ1) is 16.2. The van der Waals surface area contributed by atoms with E-state index in [1.54, 1.807) is 16.6 Å². The van der Waals surface area contributed by atoms with Gasteiger partial charge in [0, 0.05) is 18.2 Å². The smallest absolute Gasteiger partial charge is 0.254 e. The summed E-state index contributed by atoms with van der Waals surface area (Å²) in [6.45, 7) is 2.64. The summed E-state index contributed by atoms with van der Waals surface area (Å²) in [7, 11) is 0. The maximum atomic E-state index is 13.5. The highest BCUT2D eigenvalue weighted by molar-refractivity contribution is 5.65. The van der Waals surface area contributed by atoms with E-state index in [9.17, 15) is 4.39 Å². The molecule has 0 aliphatic rings. The quantitative estimate of drug-likeness (QED) is 0.595. The summed E-state index contributed by atoms with van der Waals surface area (Å²) in [4.78, 5) is 8.77. The third-order valence-corrected chi connectivity index (χ3v) is 4.33. The van der Waals surface area contributed by atoms with Crippen LogP contribution in [-0.2, 0) is 6.42 Å². The predicted octanol–water partition coefficient (Wildman–Crippen LogP) is 3.89. The van der Waals surface area contributed by atoms with Crippen LogP contribution < -0.4 is 5.32 Å². The van der Waals surface area contributed by atoms with Gasteiger partial charge in [-0.1, -0.05) is 36.4 Å². The van der Waals surface area contributed by atoms with Gasteiger partial charge in [0.15, 0.2) is 0 Å². The lowest BCUT2D eigenvalue weighted by Gasteiger charge is -2.11. The van der Waals surface area contributed by atoms with Crippen molar-refractivity contribution >= 4 is 11.6 Å². The van der Waals surface area contributed by atoms with E-state index < -0.39 is 0 Å². The number of fused-ring (bicyclic) bond motifs is 1. The number of benzene rings is 2. The molecule has 0 atom stereocenters. The number of nitrogens with zero attached hydrogens (tertiary/aromatic N) is 4. The minimum absolute atomic E-state index is 0.209. The molecular formula is C20H18FN5. The third-order valence-electron chi connectivity index (χ3n) is 4.33. The lowest BCUT2D eigenvalue weighted by molar-refractivity contribution is 0.625. The van der Waals surface area contributed by atoms with Crippen LogP contribution in [0.5, 0.6) is 0 Å². The van der Waals surface area contributed by atoms with Crippen LogP contribution >= 0.6 is 0 Å². The Bertz CT molecular complexity index is 1040. The Labute approximate surface area is 150 Å². The van der Waals surface area contributed by atoms with Crippen molar-refractivity contribution in [3.05, 3.63) is 77.9 Å². The molecule has 4 aromatic rings. The number of rotatable bonds is 5. The maximum absolute atomic E-state index is 13.5. The van der Waals surface area contributed by atoms with Crippen molar-refractivity contribution in [3.63, 3.8) is 0 Å². The lowest BCUT2D eigenvalue weighted by Crippen LogP contribution is -2.11. The molecule has 2 aromatic heterocycles. The number of anilines is 1. The van der Waals surface area contributed by atoms with Crippen LogP contribution in [0.2, 0.25) is 0 Å². The van der Waals surface area contributed by atoms with Gasteiger partial charge in [-0.2, -0.15) is 14.6 Å². The highest BCUT2D eigenvalue weighted by Crippen LogP contribution is 2.21. The minimum atomic E-state index is -0.209. The Balaban J connectivity index is 1.59. The molecule has 4 rings (SSSR count). The van der Waals surface area contributed by atoms with E-state index in [0.29, 0.717) is 18.7 Å². The SMILES string of the molecule is Cc1ccc(F)cc1CCNc1cc(-c2ccccc2)nc2ncnn12. The molecule has 1 N–H and O–H groups in total. The van der Waals surface area contributed by atoms with Crippen LogP contribution in [0.1, 0.15) is 11.1 Å². The Kier molecular flexibility index (Phi) is 4.31. The van der Waals surface area contributed by atoms with E-state index in [2.05, 4.69) is 20.4 Å². The van der Waals surface area contributed by atoms with Gasteiger partial charge in [0.05, 0.1) is 5.69 Å². The molecule has 130 valence electrons. The lowest BCUT2D eigenvalue weighted by atomic mass is 10.1. The molecule has 0 fully saturated rings. The van der Waals surface area contributed by atoms with E-state index in [1.165, 1.54) is 12.4 Å². The van der Waals surface area contributed by atoms with Crippen LogP contribution in [-0.4, -0.2) is 26.1 Å². The van der Waals surface area contributed by atoms with Crippen LogP contribution in [0.3, 0.4) is 0 Å². The number of aromatic nitrogens is 4. The van der Waals surface area contributed by atoms with Gasteiger partial charge in [-0.05, 0) is 36.6 Å². The summed E-state index contributed by atoms with van der Waals surface area (Å²) in [6, 6.07) is 16.8. The van der Waals surface area contributed by atoms with Gasteiger partial charge < -0.3 is 5.32 Å². The molecule has 0 bridgehead atoms. The number of hydrogen-bond acceptors (Lipinski definition) is 4. The normalized spacial score (nSPS) is 11.0. The van der Waals surface area contributed by atoms with Crippen molar-refractivity contribution in [3.8, 4) is 11.3 Å². The second kappa shape index (κ2) is 6.92. The monoisotopic (exact) mass is 347 g/mol. The molecule has 0 unspecified atom stereocenters. The Morgan fingerprint density at radius 1 is 1.08 bits per heavy atom. The van der Waals surface area contributed by atoms with Gasteiger partial charge in [-0.15, -0.1) is 0 Å². The van der Waals surface area contributed by atoms with E-state index in [-0.39, 0.29) is 5.82 Å². The minimum Gasteiger partial charge on any atom is -0.370 e. The number of hydrogen-bond donors (Lipinski definition) is 1. The fraction of sp³-hybridized carbons (Fsp3) is 0.150. The number of aryl methyl sites for hydroxylation is 1. The molecular weight excluding hydrogens is 329 g/mol. The van der Waals surface area contributed by atoms with Crippen molar-refractivity contribution in [1.29, 1.82) is 0 Å². The summed E-state index contributed by atoms with van der Waals surface area (Å²) in [5.41, 5.74) is 3.92. The highest BCUT2D eigenvalue weighted by Gasteiger charge is 2.09. The van der Waals surface area contributed by atoms with E-state index in [0.717, 1.165) is 28.2 Å². The van der Waals surface area contributed by atoms with Gasteiger partial charge in [0.25, 0.3) is 5.78 Å². The van der Waals surface area contributed by atoms with E-state index >= 15 is 0 Å². The molecule has 0 aliphatic carbocycles. The Hall–Kier alpha value is -3.28. The van der Waals surface area contributed by atoms with Crippen molar-refractivity contribution in [2.24, 2.45) is 0 Å². The summed E-state index contributed by atoms with van der Waals surface area (Å²) >= 11 is 0. The number of nitrogens with one attached hydrogen (secondary N) is 1. The first-order valence-electron chi connectivity index (χ1n) is 8.46. The molecule has 0 saturated heterocycles. The zero-order valence-corrected chi connectivity index (χ0v) is 14.4. The van der Waals surface area contributed by atoms with E-state index in [1.807, 2.05) is 43.3 Å². The van der Waals surface area contributed by atoms with E-state index in [4.69, 9.17) is 0 Å². The van der Waals surface area contributed by atoms with Gasteiger partial charge >= 0.3 is 0 Å². The second-order valence-corrected chi connectivity index (χ2v) is 6.11. The van der Waals surface area contributed by atoms with Gasteiger partial charge in [0.1, 0.15) is 18.0 Å².